The summed E-state index contributed by atoms with van der Waals surface area (Å²) in [5, 5.41) is 17.7. The van der Waals surface area contributed by atoms with E-state index in [-0.39, 0.29) is 37.4 Å². The molecule has 0 aromatic heterocycles. The summed E-state index contributed by atoms with van der Waals surface area (Å²) in [6, 6.07) is 15.2. The highest BCUT2D eigenvalue weighted by atomic mass is 32.2. The van der Waals surface area contributed by atoms with Crippen molar-refractivity contribution in [3.8, 4) is 12.1 Å². The number of nitriles is 2. The molecule has 1 fully saturated rings. The van der Waals surface area contributed by atoms with Crippen LogP contribution in [0.15, 0.2) is 53.4 Å². The number of carbonyl (C=O) groups excluding carboxylic acids is 1. The second kappa shape index (κ2) is 10.2. The van der Waals surface area contributed by atoms with Crippen LogP contribution in [0.1, 0.15) is 29.5 Å². The van der Waals surface area contributed by atoms with E-state index in [1.165, 1.54) is 52.8 Å². The molecule has 34 heavy (non-hydrogen) atoms. The molecule has 0 bridgehead atoms. The Labute approximate surface area is 195 Å². The van der Waals surface area contributed by atoms with Crippen molar-refractivity contribution in [2.45, 2.75) is 30.5 Å². The van der Waals surface area contributed by atoms with Crippen molar-refractivity contribution in [3.63, 3.8) is 0 Å². The molecule has 11 heteroatoms. The maximum Gasteiger partial charge on any atom is 0.406 e. The number of nitrogens with zero attached hydrogens (tertiary/aromatic N) is 4. The number of benzene rings is 2. The fourth-order valence-electron chi connectivity index (χ4n) is 3.79. The third kappa shape index (κ3) is 6.13. The minimum Gasteiger partial charge on any atom is -0.329 e. The van der Waals surface area contributed by atoms with E-state index in [0.717, 1.165) is 4.90 Å². The minimum atomic E-state index is -4.60. The lowest BCUT2D eigenvalue weighted by Crippen LogP contribution is -2.46. The van der Waals surface area contributed by atoms with E-state index >= 15 is 0 Å². The van der Waals surface area contributed by atoms with Crippen LogP contribution in [-0.2, 0) is 21.4 Å². The second-order valence-electron chi connectivity index (χ2n) is 7.93. The van der Waals surface area contributed by atoms with Crippen molar-refractivity contribution >= 4 is 15.9 Å². The Kier molecular flexibility index (Phi) is 7.60. The largest absolute Gasteiger partial charge is 0.406 e. The van der Waals surface area contributed by atoms with Crippen molar-refractivity contribution in [3.05, 3.63) is 65.2 Å². The standard InChI is InChI=1S/C23H21F3N4O3S/c24-23(25,26)16-29(15-19-3-1-17(13-27)2-4-19)22(31)20-9-11-30(12-10-20)34(32,33)21-7-5-18(14-28)6-8-21/h1-8,20H,9-12,15-16H2. The van der Waals surface area contributed by atoms with Gasteiger partial charge in [-0.15, -0.1) is 0 Å². The number of hydrogen-bond donors (Lipinski definition) is 0. The van der Waals surface area contributed by atoms with Gasteiger partial charge in [-0.2, -0.15) is 28.0 Å². The topological polar surface area (TPSA) is 105 Å². The van der Waals surface area contributed by atoms with Gasteiger partial charge in [-0.3, -0.25) is 4.79 Å². The van der Waals surface area contributed by atoms with Gasteiger partial charge in [-0.1, -0.05) is 12.1 Å². The van der Waals surface area contributed by atoms with Gasteiger partial charge in [0.15, 0.2) is 0 Å². The van der Waals surface area contributed by atoms with Crippen LogP contribution in [0.5, 0.6) is 0 Å². The average Bonchev–Trinajstić information content (AvgIpc) is 2.83. The molecule has 0 radical (unpaired) electrons. The summed E-state index contributed by atoms with van der Waals surface area (Å²) in [6.45, 7) is -1.70. The Bertz CT molecular complexity index is 1210. The highest BCUT2D eigenvalue weighted by Gasteiger charge is 2.38. The van der Waals surface area contributed by atoms with Gasteiger partial charge in [0, 0.05) is 25.6 Å². The van der Waals surface area contributed by atoms with Gasteiger partial charge < -0.3 is 4.90 Å². The van der Waals surface area contributed by atoms with Crippen LogP contribution >= 0.6 is 0 Å². The zero-order chi connectivity index (χ0) is 24.9. The molecule has 1 aliphatic heterocycles. The number of alkyl halides is 3. The summed E-state index contributed by atoms with van der Waals surface area (Å²) in [5.74, 6) is -1.43. The lowest BCUT2D eigenvalue weighted by Gasteiger charge is -2.34. The van der Waals surface area contributed by atoms with Crippen LogP contribution in [0.2, 0.25) is 0 Å². The van der Waals surface area contributed by atoms with Gasteiger partial charge in [0.2, 0.25) is 15.9 Å². The van der Waals surface area contributed by atoms with E-state index in [0.29, 0.717) is 16.7 Å². The van der Waals surface area contributed by atoms with Crippen molar-refractivity contribution in [1.29, 1.82) is 10.5 Å². The molecule has 0 aliphatic carbocycles. The third-order valence-corrected chi connectivity index (χ3v) is 7.48. The van der Waals surface area contributed by atoms with Gasteiger partial charge in [-0.25, -0.2) is 8.42 Å². The molecule has 2 aromatic rings. The van der Waals surface area contributed by atoms with E-state index in [2.05, 4.69) is 0 Å². The Morgan fingerprint density at radius 2 is 1.47 bits per heavy atom. The van der Waals surface area contributed by atoms with E-state index in [4.69, 9.17) is 10.5 Å². The number of hydrogen-bond acceptors (Lipinski definition) is 5. The first-order valence-electron chi connectivity index (χ1n) is 10.4. The van der Waals surface area contributed by atoms with Crippen LogP contribution in [0.4, 0.5) is 13.2 Å². The second-order valence-corrected chi connectivity index (χ2v) is 9.87. The van der Waals surface area contributed by atoms with Gasteiger partial charge in [-0.05, 0) is 54.8 Å². The quantitative estimate of drug-likeness (QED) is 0.617. The van der Waals surface area contributed by atoms with E-state index in [1.807, 2.05) is 12.1 Å². The molecule has 0 N–H and O–H groups in total. The van der Waals surface area contributed by atoms with Gasteiger partial charge >= 0.3 is 6.18 Å². The monoisotopic (exact) mass is 490 g/mol. The van der Waals surface area contributed by atoms with Crippen LogP contribution in [-0.4, -0.2) is 49.3 Å². The molecule has 2 aromatic carbocycles. The molecular weight excluding hydrogens is 469 g/mol. The van der Waals surface area contributed by atoms with Crippen LogP contribution in [0.25, 0.3) is 0 Å². The first-order valence-corrected chi connectivity index (χ1v) is 11.8. The fourth-order valence-corrected chi connectivity index (χ4v) is 5.25. The maximum atomic E-state index is 13.2. The number of carbonyl (C=O) groups is 1. The number of halogens is 3. The molecule has 178 valence electrons. The highest BCUT2D eigenvalue weighted by Crippen LogP contribution is 2.27. The maximum absolute atomic E-state index is 13.2. The molecule has 7 nitrogen and oxygen atoms in total. The molecule has 1 amide bonds. The van der Waals surface area contributed by atoms with Crippen molar-refractivity contribution in [2.24, 2.45) is 5.92 Å². The Morgan fingerprint density at radius 1 is 0.971 bits per heavy atom. The van der Waals surface area contributed by atoms with E-state index < -0.39 is 34.6 Å². The zero-order valence-electron chi connectivity index (χ0n) is 18.0. The Hall–Kier alpha value is -3.41. The van der Waals surface area contributed by atoms with Crippen molar-refractivity contribution in [1.82, 2.24) is 9.21 Å². The summed E-state index contributed by atoms with van der Waals surface area (Å²) in [7, 11) is -3.85. The molecule has 1 heterocycles. The van der Waals surface area contributed by atoms with E-state index in [1.54, 1.807) is 0 Å². The normalized spacial score (nSPS) is 15.3. The summed E-state index contributed by atoms with van der Waals surface area (Å²) >= 11 is 0. The summed E-state index contributed by atoms with van der Waals surface area (Å²) in [5.41, 5.74) is 1.13. The molecule has 1 saturated heterocycles. The lowest BCUT2D eigenvalue weighted by molar-refractivity contribution is -0.165. The fraction of sp³-hybridized carbons (Fsp3) is 0.348. The highest BCUT2D eigenvalue weighted by molar-refractivity contribution is 7.89. The zero-order valence-corrected chi connectivity index (χ0v) is 18.8. The first kappa shape index (κ1) is 25.2. The SMILES string of the molecule is N#Cc1ccc(CN(CC(F)(F)F)C(=O)C2CCN(S(=O)(=O)c3ccc(C#N)cc3)CC2)cc1. The van der Waals surface area contributed by atoms with Crippen LogP contribution in [0.3, 0.4) is 0 Å². The molecular formula is C23H21F3N4O3S. The predicted octanol–water partition coefficient (Wildman–Crippen LogP) is 3.42. The molecule has 3 rings (SSSR count). The van der Waals surface area contributed by atoms with Crippen LogP contribution in [0, 0.1) is 28.6 Å². The smallest absolute Gasteiger partial charge is 0.329 e. The summed E-state index contributed by atoms with van der Waals surface area (Å²) in [6.07, 6.45) is -4.41. The van der Waals surface area contributed by atoms with Crippen molar-refractivity contribution < 1.29 is 26.4 Å². The molecule has 1 aliphatic rings. The van der Waals surface area contributed by atoms with Crippen molar-refractivity contribution in [2.75, 3.05) is 19.6 Å². The number of rotatable bonds is 6. The number of sulfonamides is 1. The van der Waals surface area contributed by atoms with Gasteiger partial charge in [0.1, 0.15) is 6.54 Å². The summed E-state index contributed by atoms with van der Waals surface area (Å²) in [4.78, 5) is 13.7. The molecule has 0 spiro atoms. The molecule has 0 unspecified atom stereocenters. The average molecular weight is 491 g/mol. The minimum absolute atomic E-state index is 0.00450. The lowest BCUT2D eigenvalue weighted by atomic mass is 9.96. The summed E-state index contributed by atoms with van der Waals surface area (Å²) < 4.78 is 66.4. The van der Waals surface area contributed by atoms with Crippen LogP contribution < -0.4 is 0 Å². The molecule has 0 saturated carbocycles. The van der Waals surface area contributed by atoms with Gasteiger partial charge in [0.25, 0.3) is 0 Å². The number of amides is 1. The molecule has 0 atom stereocenters. The Morgan fingerprint density at radius 3 is 1.94 bits per heavy atom. The van der Waals surface area contributed by atoms with Gasteiger partial charge in [0.05, 0.1) is 28.2 Å². The predicted molar refractivity (Wildman–Crippen MR) is 115 cm³/mol. The Balaban J connectivity index is 1.69. The first-order chi connectivity index (χ1) is 16.0. The third-order valence-electron chi connectivity index (χ3n) is 5.56. The number of piperidine rings is 1. The van der Waals surface area contributed by atoms with E-state index in [9.17, 15) is 26.4 Å².